The summed E-state index contributed by atoms with van der Waals surface area (Å²) in [6.45, 7) is 0.641. The van der Waals surface area contributed by atoms with Crippen LogP contribution in [0.25, 0.3) is 0 Å². The number of hydrogen-bond donors (Lipinski definition) is 3. The van der Waals surface area contributed by atoms with E-state index in [1.54, 1.807) is 12.1 Å². The number of aryl methyl sites for hydroxylation is 2. The molecule has 0 unspecified atom stereocenters. The number of nitrogens with one attached hydrogen (secondary N) is 1. The molecule has 33 heavy (non-hydrogen) atoms. The minimum Gasteiger partial charge on any atom is -0.480 e. The molecule has 1 aliphatic carbocycles. The summed E-state index contributed by atoms with van der Waals surface area (Å²) >= 11 is 0. The molecule has 0 saturated heterocycles. The molecule has 2 aromatic heterocycles. The Kier molecular flexibility index (Phi) is 7.51. The highest BCUT2D eigenvalue weighted by molar-refractivity contribution is 5.87. The van der Waals surface area contributed by atoms with Crippen LogP contribution < -0.4 is 5.32 Å². The number of aliphatic carboxylic acids is 1. The van der Waals surface area contributed by atoms with Gasteiger partial charge in [0.15, 0.2) is 0 Å². The van der Waals surface area contributed by atoms with Crippen molar-refractivity contribution in [2.45, 2.75) is 57.0 Å². The van der Waals surface area contributed by atoms with Crippen LogP contribution in [0.3, 0.4) is 0 Å². The Bertz CT molecular complexity index is 965. The van der Waals surface area contributed by atoms with Crippen molar-refractivity contribution in [3.63, 3.8) is 0 Å². The van der Waals surface area contributed by atoms with Crippen LogP contribution >= 0.6 is 0 Å². The van der Waals surface area contributed by atoms with Gasteiger partial charge in [0.25, 0.3) is 0 Å². The van der Waals surface area contributed by atoms with Crippen molar-refractivity contribution < 1.29 is 24.6 Å². The number of anilines is 1. The normalized spacial score (nSPS) is 20.3. The SMILES string of the molecule is O=C(ON(C1CC(CCc2ccc3c(n2)NCCC3)C1)[C@@H](CCO)C(=O)O)c1ccccn1. The summed E-state index contributed by atoms with van der Waals surface area (Å²) in [6, 6.07) is 7.79. The van der Waals surface area contributed by atoms with Gasteiger partial charge in [-0.3, -0.25) is 4.79 Å². The van der Waals surface area contributed by atoms with Gasteiger partial charge in [0, 0.05) is 31.1 Å². The maximum Gasteiger partial charge on any atom is 0.375 e. The molecule has 0 amide bonds. The second-order valence-electron chi connectivity index (χ2n) is 8.69. The number of aliphatic hydroxyl groups excluding tert-OH is 1. The standard InChI is InChI=1S/C24H30N4O5/c29-13-10-21(23(30)31)28(33-24(32)20-5-1-2-11-25-20)19-14-16(15-19)6-8-18-9-7-17-4-3-12-26-22(17)27-18/h1-2,5,7,9,11,16,19,21,29H,3-4,6,8,10,12-15H2,(H,26,27)(H,30,31)/t16?,19?,21-/m0/s1. The predicted molar refractivity (Wildman–Crippen MR) is 120 cm³/mol. The number of hydrogen-bond acceptors (Lipinski definition) is 8. The second kappa shape index (κ2) is 10.7. The zero-order valence-electron chi connectivity index (χ0n) is 18.5. The zero-order chi connectivity index (χ0) is 23.2. The maximum atomic E-state index is 12.5. The first kappa shape index (κ1) is 23.1. The van der Waals surface area contributed by atoms with E-state index in [2.05, 4.69) is 22.4 Å². The van der Waals surface area contributed by atoms with Crippen molar-refractivity contribution in [1.82, 2.24) is 15.0 Å². The summed E-state index contributed by atoms with van der Waals surface area (Å²) in [7, 11) is 0. The quantitative estimate of drug-likeness (QED) is 0.464. The van der Waals surface area contributed by atoms with E-state index in [4.69, 9.17) is 9.82 Å². The maximum absolute atomic E-state index is 12.5. The van der Waals surface area contributed by atoms with E-state index in [0.717, 1.165) is 43.7 Å². The Morgan fingerprint density at radius 2 is 2.09 bits per heavy atom. The molecule has 1 atom stereocenters. The second-order valence-corrected chi connectivity index (χ2v) is 8.69. The lowest BCUT2D eigenvalue weighted by Crippen LogP contribution is -2.53. The zero-order valence-corrected chi connectivity index (χ0v) is 18.5. The number of hydroxylamine groups is 2. The van der Waals surface area contributed by atoms with Crippen molar-refractivity contribution in [2.24, 2.45) is 5.92 Å². The summed E-state index contributed by atoms with van der Waals surface area (Å²) < 4.78 is 0. The molecular formula is C24H30N4O5. The molecule has 0 aromatic carbocycles. The van der Waals surface area contributed by atoms with Crippen molar-refractivity contribution >= 4 is 17.8 Å². The summed E-state index contributed by atoms with van der Waals surface area (Å²) in [5.74, 6) is -0.451. The average molecular weight is 455 g/mol. The van der Waals surface area contributed by atoms with Gasteiger partial charge in [0.2, 0.25) is 0 Å². The summed E-state index contributed by atoms with van der Waals surface area (Å²) in [6.07, 6.45) is 6.85. The highest BCUT2D eigenvalue weighted by Gasteiger charge is 2.42. The van der Waals surface area contributed by atoms with Crippen LogP contribution in [0.4, 0.5) is 5.82 Å². The molecule has 1 aliphatic heterocycles. The molecule has 0 bridgehead atoms. The largest absolute Gasteiger partial charge is 0.480 e. The number of carboxylic acids is 1. The van der Waals surface area contributed by atoms with E-state index in [1.807, 2.05) is 0 Å². The van der Waals surface area contributed by atoms with Crippen molar-refractivity contribution in [1.29, 1.82) is 0 Å². The fraction of sp³-hybridized carbons (Fsp3) is 0.500. The Morgan fingerprint density at radius 1 is 1.24 bits per heavy atom. The third-order valence-electron chi connectivity index (χ3n) is 6.39. The van der Waals surface area contributed by atoms with Gasteiger partial charge in [-0.15, -0.1) is 5.06 Å². The fourth-order valence-electron chi connectivity index (χ4n) is 4.50. The molecule has 9 heteroatoms. The molecule has 0 radical (unpaired) electrons. The Balaban J connectivity index is 1.36. The lowest BCUT2D eigenvalue weighted by atomic mass is 9.76. The smallest absolute Gasteiger partial charge is 0.375 e. The van der Waals surface area contributed by atoms with Crippen molar-refractivity contribution in [3.05, 3.63) is 53.5 Å². The fourth-order valence-corrected chi connectivity index (χ4v) is 4.50. The van der Waals surface area contributed by atoms with Crippen LogP contribution in [0.15, 0.2) is 36.5 Å². The first-order valence-electron chi connectivity index (χ1n) is 11.5. The number of aliphatic hydroxyl groups is 1. The Hall–Kier alpha value is -3.04. The van der Waals surface area contributed by atoms with Gasteiger partial charge in [-0.25, -0.2) is 14.8 Å². The topological polar surface area (TPSA) is 125 Å². The lowest BCUT2D eigenvalue weighted by molar-refractivity contribution is -0.204. The van der Waals surface area contributed by atoms with Gasteiger partial charge in [-0.2, -0.15) is 0 Å². The third-order valence-corrected chi connectivity index (χ3v) is 6.39. The first-order valence-corrected chi connectivity index (χ1v) is 11.5. The lowest BCUT2D eigenvalue weighted by Gasteiger charge is -2.43. The number of nitrogens with zero attached hydrogens (tertiary/aromatic N) is 3. The number of carboxylic acid groups (broad SMARTS) is 1. The molecule has 1 fully saturated rings. The molecule has 3 heterocycles. The number of pyridine rings is 2. The molecule has 3 N–H and O–H groups in total. The van der Waals surface area contributed by atoms with Crippen LogP contribution in [0, 0.1) is 5.92 Å². The predicted octanol–water partition coefficient (Wildman–Crippen LogP) is 2.46. The van der Waals surface area contributed by atoms with E-state index in [1.165, 1.54) is 22.9 Å². The number of carbonyl (C=O) groups excluding carboxylic acids is 1. The van der Waals surface area contributed by atoms with E-state index >= 15 is 0 Å². The van der Waals surface area contributed by atoms with Crippen LogP contribution in [0.1, 0.15) is 53.8 Å². The van der Waals surface area contributed by atoms with Crippen LogP contribution in [0.5, 0.6) is 0 Å². The molecular weight excluding hydrogens is 424 g/mol. The van der Waals surface area contributed by atoms with E-state index in [9.17, 15) is 19.8 Å². The molecule has 2 aromatic rings. The minimum absolute atomic E-state index is 0.0297. The highest BCUT2D eigenvalue weighted by Crippen LogP contribution is 2.37. The van der Waals surface area contributed by atoms with Crippen LogP contribution in [0.2, 0.25) is 0 Å². The van der Waals surface area contributed by atoms with Gasteiger partial charge in [-0.1, -0.05) is 12.1 Å². The van der Waals surface area contributed by atoms with E-state index < -0.39 is 18.0 Å². The Morgan fingerprint density at radius 3 is 2.82 bits per heavy atom. The van der Waals surface area contributed by atoms with Gasteiger partial charge >= 0.3 is 11.9 Å². The molecule has 4 rings (SSSR count). The van der Waals surface area contributed by atoms with Gasteiger partial charge < -0.3 is 20.4 Å². The van der Waals surface area contributed by atoms with Crippen molar-refractivity contribution in [3.8, 4) is 0 Å². The van der Waals surface area contributed by atoms with Gasteiger partial charge in [0.05, 0.1) is 0 Å². The minimum atomic E-state index is -1.13. The highest BCUT2D eigenvalue weighted by atomic mass is 16.7. The number of fused-ring (bicyclic) bond motifs is 1. The monoisotopic (exact) mass is 454 g/mol. The summed E-state index contributed by atoms with van der Waals surface area (Å²) in [5, 5.41) is 23.6. The third kappa shape index (κ3) is 5.66. The number of carbonyl (C=O) groups is 2. The Labute approximate surface area is 192 Å². The number of rotatable bonds is 10. The summed E-state index contributed by atoms with van der Waals surface area (Å²) in [5.41, 5.74) is 2.43. The molecule has 0 spiro atoms. The molecule has 9 nitrogen and oxygen atoms in total. The van der Waals surface area contributed by atoms with E-state index in [-0.39, 0.29) is 24.8 Å². The van der Waals surface area contributed by atoms with Gasteiger partial charge in [-0.05, 0) is 74.6 Å². The van der Waals surface area contributed by atoms with Crippen LogP contribution in [-0.4, -0.2) is 62.4 Å². The number of aromatic nitrogens is 2. The molecule has 1 saturated carbocycles. The first-order chi connectivity index (χ1) is 16.0. The van der Waals surface area contributed by atoms with E-state index in [0.29, 0.717) is 18.8 Å². The molecule has 176 valence electrons. The molecule has 2 aliphatic rings. The van der Waals surface area contributed by atoms with Gasteiger partial charge in [0.1, 0.15) is 17.6 Å². The van der Waals surface area contributed by atoms with Crippen LogP contribution in [-0.2, 0) is 22.5 Å². The van der Waals surface area contributed by atoms with Crippen molar-refractivity contribution in [2.75, 3.05) is 18.5 Å². The average Bonchev–Trinajstić information content (AvgIpc) is 2.81. The summed E-state index contributed by atoms with van der Waals surface area (Å²) in [4.78, 5) is 38.6.